The fraction of sp³-hybridized carbons (Fsp3) is 0.0625. The molecule has 3 aromatic heterocycles. The van der Waals surface area contributed by atoms with Crippen molar-refractivity contribution in [3.8, 4) is 22.3 Å². The average Bonchev–Trinajstić information content (AvgIpc) is 2.49. The van der Waals surface area contributed by atoms with E-state index in [1.54, 1.807) is 18.6 Å². The lowest BCUT2D eigenvalue weighted by atomic mass is 10.0. The monoisotopic (exact) mass is 281 g/mol. The molecular formula is C16H12ClN3. The number of hydrogen-bond donors (Lipinski definition) is 0. The number of rotatable bonds is 2. The summed E-state index contributed by atoms with van der Waals surface area (Å²) in [6.45, 7) is 1.95. The highest BCUT2D eigenvalue weighted by atomic mass is 35.5. The third kappa shape index (κ3) is 2.40. The van der Waals surface area contributed by atoms with Gasteiger partial charge in [-0.3, -0.25) is 9.97 Å². The molecule has 0 unspecified atom stereocenters. The van der Waals surface area contributed by atoms with Crippen LogP contribution < -0.4 is 0 Å². The third-order valence-electron chi connectivity index (χ3n) is 3.11. The van der Waals surface area contributed by atoms with Crippen molar-refractivity contribution in [1.29, 1.82) is 0 Å². The number of hydrogen-bond acceptors (Lipinski definition) is 3. The number of aryl methyl sites for hydroxylation is 1. The predicted molar refractivity (Wildman–Crippen MR) is 80.4 cm³/mol. The lowest BCUT2D eigenvalue weighted by Gasteiger charge is -2.10. The molecule has 0 aromatic carbocycles. The normalized spacial score (nSPS) is 10.5. The minimum atomic E-state index is 0.489. The van der Waals surface area contributed by atoms with Gasteiger partial charge in [-0.2, -0.15) is 0 Å². The molecule has 0 amide bonds. The van der Waals surface area contributed by atoms with Gasteiger partial charge in [0.15, 0.2) is 0 Å². The van der Waals surface area contributed by atoms with Crippen LogP contribution >= 0.6 is 11.6 Å². The summed E-state index contributed by atoms with van der Waals surface area (Å²) in [5.74, 6) is 0. The van der Waals surface area contributed by atoms with Crippen LogP contribution in [-0.2, 0) is 0 Å². The molecule has 0 saturated carbocycles. The maximum atomic E-state index is 6.27. The van der Waals surface area contributed by atoms with Crippen LogP contribution in [0.2, 0.25) is 5.15 Å². The molecule has 0 fully saturated rings. The number of aromatic nitrogens is 3. The zero-order valence-electron chi connectivity index (χ0n) is 10.9. The van der Waals surface area contributed by atoms with E-state index in [-0.39, 0.29) is 0 Å². The van der Waals surface area contributed by atoms with Crippen LogP contribution in [0.25, 0.3) is 22.3 Å². The van der Waals surface area contributed by atoms with Crippen LogP contribution in [0.5, 0.6) is 0 Å². The quantitative estimate of drug-likeness (QED) is 0.662. The van der Waals surface area contributed by atoms with Crippen molar-refractivity contribution in [3.05, 3.63) is 66.0 Å². The Kier molecular flexibility index (Phi) is 3.44. The topological polar surface area (TPSA) is 38.7 Å². The number of nitrogens with zero attached hydrogens (tertiary/aromatic N) is 3. The Morgan fingerprint density at radius 2 is 1.50 bits per heavy atom. The van der Waals surface area contributed by atoms with E-state index in [0.29, 0.717) is 5.15 Å². The Balaban J connectivity index is 2.19. The van der Waals surface area contributed by atoms with E-state index >= 15 is 0 Å². The van der Waals surface area contributed by atoms with Crippen LogP contribution in [0.15, 0.2) is 55.1 Å². The summed E-state index contributed by atoms with van der Waals surface area (Å²) >= 11 is 6.27. The van der Waals surface area contributed by atoms with Crippen molar-refractivity contribution < 1.29 is 0 Å². The van der Waals surface area contributed by atoms with Crippen LogP contribution in [0.4, 0.5) is 0 Å². The summed E-state index contributed by atoms with van der Waals surface area (Å²) in [6, 6.07) is 9.82. The van der Waals surface area contributed by atoms with E-state index in [2.05, 4.69) is 15.0 Å². The van der Waals surface area contributed by atoms with Crippen molar-refractivity contribution in [2.75, 3.05) is 0 Å². The molecule has 0 aliphatic rings. The second-order valence-corrected chi connectivity index (χ2v) is 4.80. The van der Waals surface area contributed by atoms with E-state index in [1.807, 2.05) is 43.5 Å². The summed E-state index contributed by atoms with van der Waals surface area (Å²) in [6.07, 6.45) is 7.10. The zero-order valence-corrected chi connectivity index (χ0v) is 11.7. The highest BCUT2D eigenvalue weighted by Gasteiger charge is 2.11. The molecule has 0 atom stereocenters. The first-order valence-corrected chi connectivity index (χ1v) is 6.61. The van der Waals surface area contributed by atoms with Crippen molar-refractivity contribution in [3.63, 3.8) is 0 Å². The standard InChI is InChI=1S/C16H12ClN3/c1-11-14(12-4-2-6-18-9-12)8-15(16(17)20-11)13-5-3-7-19-10-13/h2-10H,1H3. The highest BCUT2D eigenvalue weighted by Crippen LogP contribution is 2.32. The SMILES string of the molecule is Cc1nc(Cl)c(-c2cccnc2)cc1-c1cccnc1. The molecule has 4 heteroatoms. The van der Waals surface area contributed by atoms with E-state index in [4.69, 9.17) is 11.6 Å². The zero-order chi connectivity index (χ0) is 13.9. The largest absolute Gasteiger partial charge is 0.264 e. The fourth-order valence-corrected chi connectivity index (χ4v) is 2.41. The number of halogens is 1. The average molecular weight is 282 g/mol. The molecule has 3 aromatic rings. The molecule has 3 nitrogen and oxygen atoms in total. The van der Waals surface area contributed by atoms with Gasteiger partial charge in [-0.15, -0.1) is 0 Å². The van der Waals surface area contributed by atoms with Crippen molar-refractivity contribution in [2.24, 2.45) is 0 Å². The summed E-state index contributed by atoms with van der Waals surface area (Å²) in [4.78, 5) is 12.7. The summed E-state index contributed by atoms with van der Waals surface area (Å²) < 4.78 is 0. The van der Waals surface area contributed by atoms with Gasteiger partial charge in [-0.05, 0) is 25.1 Å². The molecule has 0 saturated heterocycles. The Hall–Kier alpha value is -2.26. The molecule has 0 bridgehead atoms. The van der Waals surface area contributed by atoms with Gasteiger partial charge >= 0.3 is 0 Å². The molecule has 98 valence electrons. The maximum absolute atomic E-state index is 6.27. The second kappa shape index (κ2) is 5.39. The van der Waals surface area contributed by atoms with E-state index in [1.165, 1.54) is 0 Å². The smallest absolute Gasteiger partial charge is 0.137 e. The molecule has 20 heavy (non-hydrogen) atoms. The van der Waals surface area contributed by atoms with Crippen LogP contribution in [0, 0.1) is 6.92 Å². The first-order chi connectivity index (χ1) is 9.75. The Labute approximate surface area is 122 Å². The molecule has 3 heterocycles. The van der Waals surface area contributed by atoms with Crippen molar-refractivity contribution >= 4 is 11.6 Å². The van der Waals surface area contributed by atoms with E-state index < -0.39 is 0 Å². The fourth-order valence-electron chi connectivity index (χ4n) is 2.11. The molecule has 3 rings (SSSR count). The lowest BCUT2D eigenvalue weighted by molar-refractivity contribution is 1.20. The predicted octanol–water partition coefficient (Wildman–Crippen LogP) is 4.17. The first-order valence-electron chi connectivity index (χ1n) is 6.23. The van der Waals surface area contributed by atoms with Gasteiger partial charge in [0.2, 0.25) is 0 Å². The number of pyridine rings is 3. The van der Waals surface area contributed by atoms with Gasteiger partial charge in [0.25, 0.3) is 0 Å². The Bertz CT molecular complexity index is 667. The Morgan fingerprint density at radius 1 is 0.900 bits per heavy atom. The van der Waals surface area contributed by atoms with E-state index in [9.17, 15) is 0 Å². The molecular weight excluding hydrogens is 270 g/mol. The van der Waals surface area contributed by atoms with Crippen LogP contribution in [0.3, 0.4) is 0 Å². The maximum Gasteiger partial charge on any atom is 0.137 e. The summed E-state index contributed by atoms with van der Waals surface area (Å²) in [5, 5.41) is 0.489. The van der Waals surface area contributed by atoms with Crippen LogP contribution in [0.1, 0.15) is 5.69 Å². The van der Waals surface area contributed by atoms with Crippen LogP contribution in [-0.4, -0.2) is 15.0 Å². The van der Waals surface area contributed by atoms with Gasteiger partial charge in [0, 0.05) is 52.7 Å². The molecule has 0 aliphatic heterocycles. The minimum Gasteiger partial charge on any atom is -0.264 e. The van der Waals surface area contributed by atoms with Gasteiger partial charge in [0.05, 0.1) is 0 Å². The molecule has 0 N–H and O–H groups in total. The molecule has 0 spiro atoms. The van der Waals surface area contributed by atoms with Crippen molar-refractivity contribution in [2.45, 2.75) is 6.92 Å². The Morgan fingerprint density at radius 3 is 2.05 bits per heavy atom. The second-order valence-electron chi connectivity index (χ2n) is 4.44. The lowest BCUT2D eigenvalue weighted by Crippen LogP contribution is -1.93. The first kappa shape index (κ1) is 12.8. The molecule has 0 radical (unpaired) electrons. The van der Waals surface area contributed by atoms with Gasteiger partial charge in [-0.25, -0.2) is 4.98 Å². The van der Waals surface area contributed by atoms with Gasteiger partial charge in [0.1, 0.15) is 5.15 Å². The summed E-state index contributed by atoms with van der Waals surface area (Å²) in [7, 11) is 0. The third-order valence-corrected chi connectivity index (χ3v) is 3.40. The van der Waals surface area contributed by atoms with Gasteiger partial charge in [-0.1, -0.05) is 23.7 Å². The summed E-state index contributed by atoms with van der Waals surface area (Å²) in [5.41, 5.74) is 4.77. The van der Waals surface area contributed by atoms with Crippen molar-refractivity contribution in [1.82, 2.24) is 15.0 Å². The minimum absolute atomic E-state index is 0.489. The van der Waals surface area contributed by atoms with E-state index in [0.717, 1.165) is 27.9 Å². The van der Waals surface area contributed by atoms with Gasteiger partial charge < -0.3 is 0 Å². The highest BCUT2D eigenvalue weighted by molar-refractivity contribution is 6.32. The molecule has 0 aliphatic carbocycles.